The fourth-order valence-corrected chi connectivity index (χ4v) is 0. The fourth-order valence-electron chi connectivity index (χ4n) is 0. The maximum atomic E-state index is 0. The van der Waals surface area contributed by atoms with E-state index in [1.54, 1.807) is 0 Å². The van der Waals surface area contributed by atoms with Crippen LogP contribution in [0, 0.1) is 41.7 Å². The summed E-state index contributed by atoms with van der Waals surface area (Å²) >= 11 is 0. The second-order valence-electron chi connectivity index (χ2n) is 0. The number of hydrogen-bond acceptors (Lipinski definition) is 0. The van der Waals surface area contributed by atoms with Gasteiger partial charge in [-0.25, -0.2) is 0 Å². The third-order valence-electron chi connectivity index (χ3n) is 0. The normalized spacial score (nSPS) is 0. The Morgan fingerprint density at radius 3 is 1.00 bits per heavy atom. The van der Waals surface area contributed by atoms with Crippen molar-refractivity contribution in [2.75, 3.05) is 0 Å². The average Bonchev–Trinajstić information content (AvgIpc) is 0. The molecule has 5 heavy (non-hydrogen) atoms. The van der Waals surface area contributed by atoms with E-state index in [1.165, 1.54) is 0 Å². The van der Waals surface area contributed by atoms with Crippen LogP contribution in [-0.2, 0) is 38.1 Å². The summed E-state index contributed by atoms with van der Waals surface area (Å²) in [6.07, 6.45) is 0. The molecule has 0 aliphatic rings. The smallest absolute Gasteiger partial charge is 0 e. The molecule has 0 radical (unpaired) electrons. The molecule has 0 bridgehead atoms. The Morgan fingerprint density at radius 2 is 1.00 bits per heavy atom. The second kappa shape index (κ2) is 22.6. The molecule has 0 fully saturated rings. The Kier molecular flexibility index (Phi) is 139. The van der Waals surface area contributed by atoms with Gasteiger partial charge in [0.1, 0.15) is 0 Å². The Bertz CT molecular complexity index is 11.6. The first-order chi connectivity index (χ1) is 0. The van der Waals surface area contributed by atoms with E-state index in [0.29, 0.717) is 0 Å². The van der Waals surface area contributed by atoms with Gasteiger partial charge in [-0.1, -0.05) is 0 Å². The summed E-state index contributed by atoms with van der Waals surface area (Å²) < 4.78 is 0. The maximum Gasteiger partial charge on any atom is 0 e. The molecule has 0 saturated heterocycles. The van der Waals surface area contributed by atoms with Gasteiger partial charge in [-0.2, -0.15) is 0 Å². The van der Waals surface area contributed by atoms with E-state index in [9.17, 15) is 0 Å². The predicted molar refractivity (Wildman–Crippen MR) is 15.7 cm³/mol. The van der Waals surface area contributed by atoms with Gasteiger partial charge in [0, 0.05) is 79.9 Å². The number of hydrogen-bond donors (Lipinski definition) is 0. The molecule has 0 N–H and O–H groups in total. The van der Waals surface area contributed by atoms with Crippen molar-refractivity contribution in [3.05, 3.63) is 0 Å². The van der Waals surface area contributed by atoms with Crippen molar-refractivity contribution in [2.24, 2.45) is 0 Å². The van der Waals surface area contributed by atoms with Crippen molar-refractivity contribution in [2.45, 2.75) is 0 Å². The Labute approximate surface area is 174 Å². The second-order valence-corrected chi connectivity index (χ2v) is 0. The van der Waals surface area contributed by atoms with Crippen LogP contribution < -0.4 is 0 Å². The third kappa shape index (κ3) is 17.7. The summed E-state index contributed by atoms with van der Waals surface area (Å²) in [5.41, 5.74) is 0. The standard InChI is InChI=1S/Ba.Ce.Fe.K.W.3H. The van der Waals surface area contributed by atoms with E-state index in [2.05, 4.69) is 0 Å². The third-order valence-corrected chi connectivity index (χ3v) is 0. The predicted octanol–water partition coefficient (Wildman–Crippen LogP) is -1.57. The first kappa shape index (κ1) is 30.8. The largest absolute Gasteiger partial charge is 0 e. The molecule has 0 atom stereocenters. The molecule has 0 aromatic heterocycles. The van der Waals surface area contributed by atoms with Crippen molar-refractivity contribution in [3.8, 4) is 0 Å². The summed E-state index contributed by atoms with van der Waals surface area (Å²) in [6, 6.07) is 0. The molecule has 0 aromatic rings. The van der Waals surface area contributed by atoms with Crippen LogP contribution in [0.3, 0.4) is 0 Å². The van der Waals surface area contributed by atoms with E-state index in [4.69, 9.17) is 0 Å². The van der Waals surface area contributed by atoms with Gasteiger partial charge in [-0.3, -0.25) is 0 Å². The van der Waals surface area contributed by atoms with E-state index >= 15 is 0 Å². The molecular weight excluding hydrogens is 556 g/mol. The van der Waals surface area contributed by atoms with Crippen LogP contribution in [0.1, 0.15) is 0 Å². The minimum absolute atomic E-state index is 0. The molecule has 0 aliphatic carbocycles. The first-order valence-electron chi connectivity index (χ1n) is 0. The Balaban J connectivity index is 0. The molecule has 0 amide bonds. The van der Waals surface area contributed by atoms with Gasteiger partial charge in [0.25, 0.3) is 0 Å². The summed E-state index contributed by atoms with van der Waals surface area (Å²) in [7, 11) is 0. The van der Waals surface area contributed by atoms with E-state index in [-0.39, 0.29) is 180 Å². The van der Waals surface area contributed by atoms with Gasteiger partial charge < -0.3 is 0 Å². The molecule has 0 nitrogen and oxygen atoms in total. The molecule has 0 spiro atoms. The van der Waals surface area contributed by atoms with Crippen molar-refractivity contribution in [3.63, 3.8) is 0 Å². The van der Waals surface area contributed by atoms with Crippen molar-refractivity contribution >= 4 is 100 Å². The van der Waals surface area contributed by atoms with Crippen LogP contribution in [0.25, 0.3) is 0 Å². The van der Waals surface area contributed by atoms with Crippen LogP contribution >= 0.6 is 0 Å². The SMILES string of the molecule is [BaH2].[Ce].[Fe].[KH].[W]. The minimum Gasteiger partial charge on any atom is 0 e. The van der Waals surface area contributed by atoms with Crippen LogP contribution in [0.15, 0.2) is 0 Å². The van der Waals surface area contributed by atoms with Gasteiger partial charge >= 0.3 is 100 Å². The van der Waals surface area contributed by atoms with Crippen LogP contribution in [-0.4, -0.2) is 100 Å². The van der Waals surface area contributed by atoms with Gasteiger partial charge in [0.15, 0.2) is 0 Å². The summed E-state index contributed by atoms with van der Waals surface area (Å²) in [5.74, 6) is 0. The Morgan fingerprint density at radius 1 is 1.00 bits per heavy atom. The molecule has 0 heterocycles. The zero-order valence-corrected chi connectivity index (χ0v) is 8.44. The van der Waals surface area contributed by atoms with Crippen molar-refractivity contribution in [1.82, 2.24) is 0 Å². The maximum absolute atomic E-state index is 0. The zero-order chi connectivity index (χ0) is 0. The minimum atomic E-state index is 0. The molecule has 5 heteroatoms. The fraction of sp³-hybridized carbons (Fsp3) is 0. The molecule has 0 saturated carbocycles. The quantitative estimate of drug-likeness (QED) is 0.315. The van der Waals surface area contributed by atoms with Crippen LogP contribution in [0.2, 0.25) is 0 Å². The average molecular weight is 559 g/mol. The van der Waals surface area contributed by atoms with Gasteiger partial charge in [-0.05, 0) is 0 Å². The van der Waals surface area contributed by atoms with Gasteiger partial charge in [0.05, 0.1) is 0 Å². The van der Waals surface area contributed by atoms with E-state index in [0.717, 1.165) is 0 Å². The summed E-state index contributed by atoms with van der Waals surface area (Å²) in [5, 5.41) is 0. The topological polar surface area (TPSA) is 0 Å². The molecule has 0 aliphatic heterocycles. The van der Waals surface area contributed by atoms with Crippen molar-refractivity contribution < 1.29 is 79.9 Å². The van der Waals surface area contributed by atoms with E-state index < -0.39 is 0 Å². The van der Waals surface area contributed by atoms with Crippen LogP contribution in [0.4, 0.5) is 0 Å². The first-order valence-corrected chi connectivity index (χ1v) is 0. The molecule has 0 rings (SSSR count). The zero-order valence-electron chi connectivity index (χ0n) is 1.26. The molecule has 0 unspecified atom stereocenters. The van der Waals surface area contributed by atoms with Gasteiger partial charge in [0.2, 0.25) is 0 Å². The molecule has 24 valence electrons. The molecular formula is H3BaCeFeKW. The number of rotatable bonds is 0. The van der Waals surface area contributed by atoms with Crippen molar-refractivity contribution in [1.29, 1.82) is 0 Å². The monoisotopic (exact) mass is 560 g/mol. The van der Waals surface area contributed by atoms with E-state index in [1.807, 2.05) is 0 Å². The summed E-state index contributed by atoms with van der Waals surface area (Å²) in [4.78, 5) is 0. The van der Waals surface area contributed by atoms with Crippen LogP contribution in [0.5, 0.6) is 0 Å². The summed E-state index contributed by atoms with van der Waals surface area (Å²) in [6.45, 7) is 0. The van der Waals surface area contributed by atoms with Gasteiger partial charge in [-0.15, -0.1) is 0 Å². The molecule has 0 aromatic carbocycles. The Hall–Kier alpha value is 5.79.